The van der Waals surface area contributed by atoms with E-state index in [-0.39, 0.29) is 25.7 Å². The first kappa shape index (κ1) is 87.1. The lowest BCUT2D eigenvalue weighted by Gasteiger charge is -2.21. The van der Waals surface area contributed by atoms with E-state index < -0.39 is 97.5 Å². The molecular weight excluding hydrogens is 1170 g/mol. The zero-order chi connectivity index (χ0) is 66.1. The molecule has 0 saturated heterocycles. The van der Waals surface area contributed by atoms with Crippen LogP contribution in [0.15, 0.2) is 0 Å². The molecule has 0 aromatic heterocycles. The number of rotatable bonds is 67. The van der Waals surface area contributed by atoms with E-state index >= 15 is 0 Å². The molecule has 5 atom stereocenters. The van der Waals surface area contributed by atoms with Crippen LogP contribution in [0.25, 0.3) is 0 Å². The number of ether oxygens (including phenoxy) is 4. The Kier molecular flexibility index (Phi) is 58.5. The van der Waals surface area contributed by atoms with Crippen LogP contribution < -0.4 is 0 Å². The van der Waals surface area contributed by atoms with Crippen molar-refractivity contribution in [3.8, 4) is 0 Å². The Morgan fingerprint density at radius 1 is 0.281 bits per heavy atom. The maximum absolute atomic E-state index is 13.0. The van der Waals surface area contributed by atoms with Crippen LogP contribution in [0.2, 0.25) is 0 Å². The molecule has 0 fully saturated rings. The Balaban J connectivity index is 5.21. The van der Waals surface area contributed by atoms with Gasteiger partial charge in [0.25, 0.3) is 0 Å². The zero-order valence-electron chi connectivity index (χ0n) is 58.1. The quantitative estimate of drug-likeness (QED) is 0.0222. The fraction of sp³-hybridized carbons (Fsp3) is 0.943. The molecule has 528 valence electrons. The van der Waals surface area contributed by atoms with Gasteiger partial charge in [-0.1, -0.05) is 293 Å². The fourth-order valence-electron chi connectivity index (χ4n) is 10.5. The molecule has 0 aliphatic carbocycles. The maximum atomic E-state index is 13.0. The number of aliphatic hydroxyl groups is 1. The zero-order valence-corrected chi connectivity index (χ0v) is 59.8. The fourth-order valence-corrected chi connectivity index (χ4v) is 12.1. The largest absolute Gasteiger partial charge is 0.472 e. The second-order valence-electron chi connectivity index (χ2n) is 27.2. The van der Waals surface area contributed by atoms with E-state index in [1.54, 1.807) is 0 Å². The third kappa shape index (κ3) is 64.6. The summed E-state index contributed by atoms with van der Waals surface area (Å²) in [5.74, 6) is 0.786. The summed E-state index contributed by atoms with van der Waals surface area (Å²) in [4.78, 5) is 72.4. The van der Waals surface area contributed by atoms with E-state index in [0.29, 0.717) is 37.5 Å². The van der Waals surface area contributed by atoms with Crippen molar-refractivity contribution in [2.45, 2.75) is 363 Å². The monoisotopic (exact) mass is 1310 g/mol. The Hall–Kier alpha value is -1.94. The number of carbonyl (C=O) groups is 4. The van der Waals surface area contributed by atoms with Crippen LogP contribution in [-0.4, -0.2) is 96.7 Å². The average Bonchev–Trinajstić information content (AvgIpc) is 3.63. The molecule has 0 heterocycles. The van der Waals surface area contributed by atoms with Gasteiger partial charge in [0, 0.05) is 25.7 Å². The number of hydrogen-bond donors (Lipinski definition) is 3. The van der Waals surface area contributed by atoms with E-state index in [0.717, 1.165) is 115 Å². The summed E-state index contributed by atoms with van der Waals surface area (Å²) in [7, 11) is -9.90. The van der Waals surface area contributed by atoms with Crippen molar-refractivity contribution in [2.75, 3.05) is 39.6 Å². The number of phosphoric ester groups is 2. The Morgan fingerprint density at radius 3 is 0.697 bits per heavy atom. The molecule has 0 radical (unpaired) electrons. The lowest BCUT2D eigenvalue weighted by molar-refractivity contribution is -0.161. The van der Waals surface area contributed by atoms with Gasteiger partial charge in [0.1, 0.15) is 19.3 Å². The lowest BCUT2D eigenvalue weighted by Crippen LogP contribution is -2.30. The van der Waals surface area contributed by atoms with E-state index in [9.17, 15) is 43.2 Å². The highest BCUT2D eigenvalue weighted by molar-refractivity contribution is 7.47. The molecule has 2 unspecified atom stereocenters. The molecule has 0 rings (SSSR count). The van der Waals surface area contributed by atoms with Gasteiger partial charge in [-0.25, -0.2) is 9.13 Å². The molecule has 0 amide bonds. The summed E-state index contributed by atoms with van der Waals surface area (Å²) < 4.78 is 68.2. The predicted molar refractivity (Wildman–Crippen MR) is 358 cm³/mol. The topological polar surface area (TPSA) is 237 Å². The van der Waals surface area contributed by atoms with Crippen LogP contribution in [0.4, 0.5) is 0 Å². The Morgan fingerprint density at radius 2 is 0.472 bits per heavy atom. The van der Waals surface area contributed by atoms with Gasteiger partial charge >= 0.3 is 39.5 Å². The Bertz CT molecular complexity index is 1760. The van der Waals surface area contributed by atoms with Crippen molar-refractivity contribution in [1.29, 1.82) is 0 Å². The molecule has 17 nitrogen and oxygen atoms in total. The van der Waals surface area contributed by atoms with Gasteiger partial charge in [0.05, 0.1) is 26.4 Å². The average molecular weight is 1310 g/mol. The summed E-state index contributed by atoms with van der Waals surface area (Å²) in [6.45, 7) is 14.0. The molecule has 0 aliphatic rings. The van der Waals surface area contributed by atoms with Gasteiger partial charge in [0.15, 0.2) is 12.2 Å². The van der Waals surface area contributed by atoms with Crippen LogP contribution in [0.3, 0.4) is 0 Å². The minimum atomic E-state index is -4.95. The summed E-state index contributed by atoms with van der Waals surface area (Å²) in [6, 6.07) is 0. The maximum Gasteiger partial charge on any atom is 0.472 e. The van der Waals surface area contributed by atoms with Gasteiger partial charge in [0.2, 0.25) is 0 Å². The van der Waals surface area contributed by atoms with Crippen molar-refractivity contribution in [3.63, 3.8) is 0 Å². The van der Waals surface area contributed by atoms with Crippen molar-refractivity contribution >= 4 is 39.5 Å². The van der Waals surface area contributed by atoms with Crippen molar-refractivity contribution in [1.82, 2.24) is 0 Å². The molecule has 0 saturated carbocycles. The first-order valence-corrected chi connectivity index (χ1v) is 39.2. The Labute approximate surface area is 543 Å². The highest BCUT2D eigenvalue weighted by Crippen LogP contribution is 2.45. The second kappa shape index (κ2) is 59.8. The molecule has 0 spiro atoms. The molecule has 19 heteroatoms. The molecule has 0 aliphatic heterocycles. The summed E-state index contributed by atoms with van der Waals surface area (Å²) in [6.07, 6.45) is 42.0. The number of hydrogen-bond acceptors (Lipinski definition) is 15. The van der Waals surface area contributed by atoms with Crippen LogP contribution in [-0.2, 0) is 65.4 Å². The van der Waals surface area contributed by atoms with Gasteiger partial charge in [-0.15, -0.1) is 0 Å². The van der Waals surface area contributed by atoms with Crippen molar-refractivity contribution in [2.24, 2.45) is 23.7 Å². The lowest BCUT2D eigenvalue weighted by atomic mass is 10.0. The van der Waals surface area contributed by atoms with Crippen LogP contribution in [0.5, 0.6) is 0 Å². The van der Waals surface area contributed by atoms with Gasteiger partial charge in [-0.3, -0.25) is 37.3 Å². The summed E-state index contributed by atoms with van der Waals surface area (Å²) in [5, 5.41) is 10.6. The third-order valence-electron chi connectivity index (χ3n) is 16.1. The van der Waals surface area contributed by atoms with E-state index in [1.807, 2.05) is 0 Å². The van der Waals surface area contributed by atoms with Crippen molar-refractivity contribution < 1.29 is 80.2 Å². The van der Waals surface area contributed by atoms with Gasteiger partial charge < -0.3 is 33.8 Å². The van der Waals surface area contributed by atoms with Crippen LogP contribution in [0.1, 0.15) is 344 Å². The van der Waals surface area contributed by atoms with Gasteiger partial charge in [-0.2, -0.15) is 0 Å². The second-order valence-corrected chi connectivity index (χ2v) is 30.1. The minimum Gasteiger partial charge on any atom is -0.462 e. The molecule has 89 heavy (non-hydrogen) atoms. The summed E-state index contributed by atoms with van der Waals surface area (Å²) >= 11 is 0. The van der Waals surface area contributed by atoms with E-state index in [2.05, 4.69) is 55.4 Å². The van der Waals surface area contributed by atoms with Crippen molar-refractivity contribution in [3.05, 3.63) is 0 Å². The first-order valence-electron chi connectivity index (χ1n) is 36.2. The summed E-state index contributed by atoms with van der Waals surface area (Å²) in [5.41, 5.74) is 0. The normalized spacial score (nSPS) is 14.3. The molecule has 3 N–H and O–H groups in total. The van der Waals surface area contributed by atoms with Gasteiger partial charge in [-0.05, 0) is 49.4 Å². The number of unbranched alkanes of at least 4 members (excludes halogenated alkanes) is 33. The molecule has 0 bridgehead atoms. The molecular formula is C70H136O17P2. The highest BCUT2D eigenvalue weighted by atomic mass is 31.2. The first-order chi connectivity index (χ1) is 42.6. The molecule has 0 aromatic carbocycles. The van der Waals surface area contributed by atoms with Crippen LogP contribution >= 0.6 is 15.6 Å². The van der Waals surface area contributed by atoms with E-state index in [4.69, 9.17) is 37.0 Å². The minimum absolute atomic E-state index is 0.105. The highest BCUT2D eigenvalue weighted by Gasteiger charge is 2.30. The number of carbonyl (C=O) groups excluding carboxylic acids is 4. The van der Waals surface area contributed by atoms with Crippen LogP contribution in [0, 0.1) is 23.7 Å². The van der Waals surface area contributed by atoms with E-state index in [1.165, 1.54) is 135 Å². The molecule has 0 aromatic rings. The SMILES string of the molecule is CC(C)CCCCCCCCCCCCCCCCC(=O)O[C@H](COC(=O)CCCCCCCCC(C)C)COP(=O)(O)OC[C@@H](O)COP(=O)(O)OC[C@@H](COC(=O)CCCCCCCCC(C)C)OC(=O)CCCCCCCCCCCCCC(C)C. The predicted octanol–water partition coefficient (Wildman–Crippen LogP) is 19.7. The third-order valence-corrected chi connectivity index (χ3v) is 18.0. The smallest absolute Gasteiger partial charge is 0.462 e. The number of aliphatic hydroxyl groups excluding tert-OH is 1. The standard InChI is InChI=1S/C70H136O17P2/c1-60(2)46-38-30-22-18-14-11-9-10-12-16-20-24-36-44-52-69(74)86-65(56-80-67(72)50-42-34-28-26-32-40-48-62(5)6)58-84-88(76,77)82-54-64(71)55-83-89(78,79)85-59-66(57-81-68(73)51-43-35-29-27-33-41-49-63(7)8)87-70(75)53-45-37-25-21-17-13-15-19-23-31-39-47-61(3)4/h60-66,71H,9-59H2,1-8H3,(H,76,77)(H,78,79)/t64-,65-,66-/m1/s1. The number of esters is 4. The number of phosphoric acid groups is 2.